The van der Waals surface area contributed by atoms with Crippen LogP contribution in [0.2, 0.25) is 0 Å². The van der Waals surface area contributed by atoms with Gasteiger partial charge in [-0.1, -0.05) is 41.7 Å². The first-order valence-corrected chi connectivity index (χ1v) is 8.73. The Hall–Kier alpha value is -3.13. The summed E-state index contributed by atoms with van der Waals surface area (Å²) < 4.78 is 5.10. The Labute approximate surface area is 154 Å². The maximum atomic E-state index is 12.3. The fourth-order valence-corrected chi connectivity index (χ4v) is 3.05. The largest absolute Gasteiger partial charge is 0.462 e. The van der Waals surface area contributed by atoms with Gasteiger partial charge in [0.1, 0.15) is 10.6 Å². The lowest BCUT2D eigenvalue weighted by atomic mass is 10.1. The number of aromatic nitrogens is 3. The summed E-state index contributed by atoms with van der Waals surface area (Å²) in [6.07, 6.45) is 2.90. The minimum absolute atomic E-state index is 0.171. The normalized spacial score (nSPS) is 10.4. The summed E-state index contributed by atoms with van der Waals surface area (Å²) in [5, 5.41) is 2.95. The van der Waals surface area contributed by atoms with Crippen molar-refractivity contribution in [3.05, 3.63) is 59.0 Å². The highest BCUT2D eigenvalue weighted by Crippen LogP contribution is 2.32. The molecule has 0 aliphatic rings. The van der Waals surface area contributed by atoms with Crippen LogP contribution in [0.1, 0.15) is 32.8 Å². The van der Waals surface area contributed by atoms with Crippen LogP contribution in [0.5, 0.6) is 0 Å². The van der Waals surface area contributed by atoms with Crippen molar-refractivity contribution >= 4 is 28.3 Å². The molecule has 2 aromatic heterocycles. The number of thiazole rings is 1. The van der Waals surface area contributed by atoms with Crippen LogP contribution in [0.25, 0.3) is 11.3 Å². The first-order valence-electron chi connectivity index (χ1n) is 7.92. The van der Waals surface area contributed by atoms with Crippen LogP contribution in [0.4, 0.5) is 5.13 Å². The van der Waals surface area contributed by atoms with Gasteiger partial charge in [-0.2, -0.15) is 0 Å². The molecule has 0 spiro atoms. The Balaban J connectivity index is 1.91. The van der Waals surface area contributed by atoms with Crippen LogP contribution in [-0.4, -0.2) is 33.4 Å². The zero-order valence-corrected chi connectivity index (χ0v) is 15.0. The number of carbonyl (C=O) groups excluding carboxylic acids is 2. The molecule has 7 nitrogen and oxygen atoms in total. The molecule has 1 amide bonds. The van der Waals surface area contributed by atoms with E-state index in [0.29, 0.717) is 21.4 Å². The van der Waals surface area contributed by atoms with Crippen molar-refractivity contribution < 1.29 is 14.3 Å². The third-order valence-electron chi connectivity index (χ3n) is 3.37. The van der Waals surface area contributed by atoms with Gasteiger partial charge >= 0.3 is 5.97 Å². The summed E-state index contributed by atoms with van der Waals surface area (Å²) in [6.45, 7) is 3.78. The maximum Gasteiger partial charge on any atom is 0.350 e. The average Bonchev–Trinajstić information content (AvgIpc) is 3.07. The van der Waals surface area contributed by atoms with Crippen molar-refractivity contribution in [3.8, 4) is 11.3 Å². The summed E-state index contributed by atoms with van der Waals surface area (Å²) in [6, 6.07) is 9.26. The smallest absolute Gasteiger partial charge is 0.350 e. The van der Waals surface area contributed by atoms with E-state index in [2.05, 4.69) is 20.3 Å². The molecule has 3 rings (SSSR count). The van der Waals surface area contributed by atoms with Crippen LogP contribution in [0.3, 0.4) is 0 Å². The van der Waals surface area contributed by atoms with E-state index in [1.807, 2.05) is 30.3 Å². The molecule has 0 aliphatic carbocycles. The molecule has 0 aliphatic heterocycles. The van der Waals surface area contributed by atoms with Crippen molar-refractivity contribution in [1.29, 1.82) is 0 Å². The third-order valence-corrected chi connectivity index (χ3v) is 4.32. The zero-order valence-electron chi connectivity index (χ0n) is 14.2. The number of aryl methyl sites for hydroxylation is 1. The van der Waals surface area contributed by atoms with Gasteiger partial charge in [-0.25, -0.2) is 14.8 Å². The predicted molar refractivity (Wildman–Crippen MR) is 98.2 cm³/mol. The molecule has 0 atom stereocenters. The van der Waals surface area contributed by atoms with Crippen molar-refractivity contribution in [2.45, 2.75) is 13.8 Å². The number of anilines is 1. The number of amides is 1. The molecular weight excluding hydrogens is 352 g/mol. The molecule has 0 unspecified atom stereocenters. The van der Waals surface area contributed by atoms with Gasteiger partial charge in [0, 0.05) is 11.8 Å². The number of carbonyl (C=O) groups is 2. The highest BCUT2D eigenvalue weighted by atomic mass is 32.1. The van der Waals surface area contributed by atoms with Gasteiger partial charge in [-0.3, -0.25) is 15.1 Å². The van der Waals surface area contributed by atoms with E-state index < -0.39 is 11.9 Å². The van der Waals surface area contributed by atoms with E-state index >= 15 is 0 Å². The molecule has 1 N–H and O–H groups in total. The van der Waals surface area contributed by atoms with Gasteiger partial charge in [0.15, 0.2) is 5.13 Å². The molecule has 0 radical (unpaired) electrons. The van der Waals surface area contributed by atoms with Gasteiger partial charge in [-0.15, -0.1) is 0 Å². The summed E-state index contributed by atoms with van der Waals surface area (Å²) in [5.41, 5.74) is 2.12. The summed E-state index contributed by atoms with van der Waals surface area (Å²) in [7, 11) is 0. The Morgan fingerprint density at radius 1 is 1.15 bits per heavy atom. The molecule has 0 saturated carbocycles. The van der Waals surface area contributed by atoms with Crippen molar-refractivity contribution in [2.24, 2.45) is 0 Å². The second-order valence-electron chi connectivity index (χ2n) is 5.28. The molecule has 1 aromatic carbocycles. The molecule has 0 bridgehead atoms. The molecule has 0 fully saturated rings. The lowest BCUT2D eigenvalue weighted by Gasteiger charge is -2.01. The van der Waals surface area contributed by atoms with Gasteiger partial charge in [-0.05, 0) is 13.8 Å². The average molecular weight is 368 g/mol. The van der Waals surface area contributed by atoms with Crippen LogP contribution in [0, 0.1) is 6.92 Å². The molecule has 8 heteroatoms. The second-order valence-corrected chi connectivity index (χ2v) is 6.28. The Bertz CT molecular complexity index is 923. The predicted octanol–water partition coefficient (Wildman–Crippen LogP) is 3.34. The van der Waals surface area contributed by atoms with Crippen LogP contribution < -0.4 is 5.32 Å². The van der Waals surface area contributed by atoms with Crippen LogP contribution >= 0.6 is 11.3 Å². The van der Waals surface area contributed by atoms with E-state index in [4.69, 9.17) is 4.74 Å². The quantitative estimate of drug-likeness (QED) is 0.694. The van der Waals surface area contributed by atoms with E-state index in [0.717, 1.165) is 16.9 Å². The highest BCUT2D eigenvalue weighted by molar-refractivity contribution is 7.18. The van der Waals surface area contributed by atoms with Crippen LogP contribution in [0.15, 0.2) is 42.7 Å². The Kier molecular flexibility index (Phi) is 5.33. The van der Waals surface area contributed by atoms with Gasteiger partial charge in [0.05, 0.1) is 24.2 Å². The molecule has 3 aromatic rings. The first kappa shape index (κ1) is 17.7. The minimum atomic E-state index is -0.473. The van der Waals surface area contributed by atoms with Crippen molar-refractivity contribution in [1.82, 2.24) is 15.0 Å². The number of hydrogen-bond acceptors (Lipinski definition) is 7. The van der Waals surface area contributed by atoms with Gasteiger partial charge in [0.2, 0.25) is 0 Å². The number of nitrogens with one attached hydrogen (secondary N) is 1. The van der Waals surface area contributed by atoms with Gasteiger partial charge < -0.3 is 4.74 Å². The third kappa shape index (κ3) is 3.92. The molecular formula is C18H16N4O3S. The number of ether oxygens (including phenoxy) is 1. The fourth-order valence-electron chi connectivity index (χ4n) is 2.17. The van der Waals surface area contributed by atoms with Crippen molar-refractivity contribution in [3.63, 3.8) is 0 Å². The Morgan fingerprint density at radius 3 is 2.58 bits per heavy atom. The maximum absolute atomic E-state index is 12.3. The topological polar surface area (TPSA) is 94.1 Å². The minimum Gasteiger partial charge on any atom is -0.462 e. The summed E-state index contributed by atoms with van der Waals surface area (Å²) >= 11 is 1.06. The standard InChI is InChI=1S/C18H16N4O3S/c1-3-25-17(24)15-14(12-7-5-4-6-8-12)21-18(26-15)22-16(23)13-10-19-11(2)9-20-13/h4-10H,3H2,1-2H3,(H,21,22,23). The lowest BCUT2D eigenvalue weighted by molar-refractivity contribution is 0.0532. The second kappa shape index (κ2) is 7.83. The number of hydrogen-bond donors (Lipinski definition) is 1. The molecule has 0 saturated heterocycles. The lowest BCUT2D eigenvalue weighted by Crippen LogP contribution is -2.13. The summed E-state index contributed by atoms with van der Waals surface area (Å²) in [5.74, 6) is -0.916. The number of rotatable bonds is 5. The first-order chi connectivity index (χ1) is 12.6. The number of benzene rings is 1. The monoisotopic (exact) mass is 368 g/mol. The molecule has 2 heterocycles. The highest BCUT2D eigenvalue weighted by Gasteiger charge is 2.22. The zero-order chi connectivity index (χ0) is 18.5. The molecule has 26 heavy (non-hydrogen) atoms. The van der Waals surface area contributed by atoms with E-state index in [1.165, 1.54) is 12.4 Å². The van der Waals surface area contributed by atoms with E-state index in [1.54, 1.807) is 13.8 Å². The number of esters is 1. The SMILES string of the molecule is CCOC(=O)c1sc(NC(=O)c2cnc(C)cn2)nc1-c1ccccc1. The fraction of sp³-hybridized carbons (Fsp3) is 0.167. The van der Waals surface area contributed by atoms with Crippen molar-refractivity contribution in [2.75, 3.05) is 11.9 Å². The van der Waals surface area contributed by atoms with Crippen LogP contribution in [-0.2, 0) is 4.74 Å². The number of nitrogens with zero attached hydrogens (tertiary/aromatic N) is 3. The van der Waals surface area contributed by atoms with Gasteiger partial charge in [0.25, 0.3) is 5.91 Å². The van der Waals surface area contributed by atoms with E-state index in [9.17, 15) is 9.59 Å². The summed E-state index contributed by atoms with van der Waals surface area (Å²) in [4.78, 5) is 37.4. The Morgan fingerprint density at radius 2 is 1.92 bits per heavy atom. The van der Waals surface area contributed by atoms with E-state index in [-0.39, 0.29) is 12.3 Å². The molecule has 132 valence electrons.